The summed E-state index contributed by atoms with van der Waals surface area (Å²) in [5.41, 5.74) is 0. The van der Waals surface area contributed by atoms with Crippen LogP contribution in [0.5, 0.6) is 0 Å². The molecule has 0 saturated heterocycles. The topological polar surface area (TPSA) is 101 Å². The molecule has 7 nitrogen and oxygen atoms in total. The van der Waals surface area contributed by atoms with E-state index in [1.165, 1.54) is 0 Å². The molecule has 2 N–H and O–H groups in total. The third kappa shape index (κ3) is 4.92. The highest BCUT2D eigenvalue weighted by Gasteiger charge is 2.17. The van der Waals surface area contributed by atoms with E-state index in [0.717, 1.165) is 6.42 Å². The highest BCUT2D eigenvalue weighted by atomic mass is 16.5. The number of hydrogen-bond acceptors (Lipinski definition) is 6. The van der Waals surface area contributed by atoms with Crippen LogP contribution in [-0.4, -0.2) is 33.8 Å². The maximum atomic E-state index is 11.9. The summed E-state index contributed by atoms with van der Waals surface area (Å²) in [6, 6.07) is 3.32. The molecule has 0 radical (unpaired) electrons. The lowest BCUT2D eigenvalue weighted by Crippen LogP contribution is -2.41. The van der Waals surface area contributed by atoms with Crippen LogP contribution in [-0.2, 0) is 11.2 Å². The molecule has 7 heteroatoms. The molecule has 0 bridgehead atoms. The number of amides is 1. The van der Waals surface area contributed by atoms with Gasteiger partial charge in [-0.3, -0.25) is 4.79 Å². The second-order valence-electron chi connectivity index (χ2n) is 5.58. The number of aliphatic hydroxyl groups excluding tert-OH is 1. The summed E-state index contributed by atoms with van der Waals surface area (Å²) >= 11 is 0. The maximum absolute atomic E-state index is 11.9. The highest BCUT2D eigenvalue weighted by molar-refractivity contribution is 5.76. The van der Waals surface area contributed by atoms with Crippen molar-refractivity contribution in [3.8, 4) is 11.6 Å². The lowest BCUT2D eigenvalue weighted by Gasteiger charge is -2.22. The minimum atomic E-state index is -0.193. The zero-order valence-corrected chi connectivity index (χ0v) is 13.5. The Balaban J connectivity index is 1.75. The van der Waals surface area contributed by atoms with Crippen molar-refractivity contribution >= 4 is 5.91 Å². The van der Waals surface area contributed by atoms with Gasteiger partial charge in [0, 0.05) is 12.8 Å². The van der Waals surface area contributed by atoms with E-state index in [2.05, 4.69) is 15.5 Å². The molecule has 2 rings (SSSR count). The second kappa shape index (κ2) is 8.47. The van der Waals surface area contributed by atoms with Gasteiger partial charge >= 0.3 is 0 Å². The average molecular weight is 321 g/mol. The van der Waals surface area contributed by atoms with Crippen molar-refractivity contribution in [2.75, 3.05) is 6.61 Å². The molecule has 126 valence electrons. The molecule has 0 aliphatic carbocycles. The summed E-state index contributed by atoms with van der Waals surface area (Å²) in [4.78, 5) is 16.1. The van der Waals surface area contributed by atoms with Crippen LogP contribution < -0.4 is 5.32 Å². The Morgan fingerprint density at radius 2 is 2.30 bits per heavy atom. The van der Waals surface area contributed by atoms with Gasteiger partial charge in [0.1, 0.15) is 0 Å². The molecule has 0 unspecified atom stereocenters. The van der Waals surface area contributed by atoms with Gasteiger partial charge in [-0.2, -0.15) is 4.98 Å². The van der Waals surface area contributed by atoms with Gasteiger partial charge in [-0.1, -0.05) is 25.4 Å². The Morgan fingerprint density at radius 1 is 1.48 bits per heavy atom. The van der Waals surface area contributed by atoms with Crippen LogP contribution in [0.2, 0.25) is 0 Å². The Hall–Kier alpha value is -2.15. The molecule has 2 aromatic heterocycles. The Morgan fingerprint density at radius 3 is 2.96 bits per heavy atom. The number of nitrogens with one attached hydrogen (secondary N) is 1. The zero-order chi connectivity index (χ0) is 16.7. The van der Waals surface area contributed by atoms with Crippen LogP contribution in [0.4, 0.5) is 0 Å². The summed E-state index contributed by atoms with van der Waals surface area (Å²) in [5, 5.41) is 16.0. The number of hydrogen-bond donors (Lipinski definition) is 2. The number of furan rings is 1. The van der Waals surface area contributed by atoms with E-state index >= 15 is 0 Å². The van der Waals surface area contributed by atoms with E-state index < -0.39 is 0 Å². The third-order valence-corrected chi connectivity index (χ3v) is 3.88. The lowest BCUT2D eigenvalue weighted by atomic mass is 10.00. The highest BCUT2D eigenvalue weighted by Crippen LogP contribution is 2.16. The van der Waals surface area contributed by atoms with E-state index in [9.17, 15) is 9.90 Å². The Labute approximate surface area is 135 Å². The maximum Gasteiger partial charge on any atom is 0.238 e. The van der Waals surface area contributed by atoms with Gasteiger partial charge in [-0.25, -0.2) is 0 Å². The number of aromatic nitrogens is 2. The van der Waals surface area contributed by atoms with Crippen LogP contribution in [0, 0.1) is 5.92 Å². The first-order valence-electron chi connectivity index (χ1n) is 7.90. The zero-order valence-electron chi connectivity index (χ0n) is 13.5. The first kappa shape index (κ1) is 17.2. The van der Waals surface area contributed by atoms with Crippen molar-refractivity contribution in [3.63, 3.8) is 0 Å². The largest absolute Gasteiger partial charge is 0.461 e. The molecule has 23 heavy (non-hydrogen) atoms. The molecule has 1 amide bonds. The molecule has 2 heterocycles. The predicted molar refractivity (Wildman–Crippen MR) is 83.4 cm³/mol. The molecular weight excluding hydrogens is 298 g/mol. The van der Waals surface area contributed by atoms with Gasteiger partial charge in [-0.15, -0.1) is 0 Å². The normalized spacial score (nSPS) is 13.7. The molecule has 2 aromatic rings. The fraction of sp³-hybridized carbons (Fsp3) is 0.562. The number of carbonyl (C=O) groups excluding carboxylic acids is 1. The smallest absolute Gasteiger partial charge is 0.238 e. The van der Waals surface area contributed by atoms with Gasteiger partial charge in [0.15, 0.2) is 5.76 Å². The van der Waals surface area contributed by atoms with Gasteiger partial charge in [0.05, 0.1) is 18.9 Å². The number of carbonyl (C=O) groups is 1. The van der Waals surface area contributed by atoms with E-state index in [0.29, 0.717) is 36.7 Å². The molecular formula is C16H23N3O4. The van der Waals surface area contributed by atoms with Crippen molar-refractivity contribution in [2.24, 2.45) is 5.92 Å². The van der Waals surface area contributed by atoms with E-state index in [-0.39, 0.29) is 24.5 Å². The van der Waals surface area contributed by atoms with Crippen molar-refractivity contribution in [3.05, 3.63) is 24.3 Å². The summed E-state index contributed by atoms with van der Waals surface area (Å²) in [7, 11) is 0. The monoisotopic (exact) mass is 321 g/mol. The van der Waals surface area contributed by atoms with Gasteiger partial charge in [-0.05, 0) is 24.5 Å². The Bertz CT molecular complexity index is 594. The second-order valence-corrected chi connectivity index (χ2v) is 5.58. The van der Waals surface area contributed by atoms with Crippen LogP contribution in [0.25, 0.3) is 11.6 Å². The molecule has 0 spiro atoms. The first-order chi connectivity index (χ1) is 11.1. The minimum Gasteiger partial charge on any atom is -0.461 e. The van der Waals surface area contributed by atoms with E-state index in [1.54, 1.807) is 18.4 Å². The molecule has 0 aliphatic rings. The molecule has 0 aromatic carbocycles. The van der Waals surface area contributed by atoms with Gasteiger partial charge < -0.3 is 19.4 Å². The summed E-state index contributed by atoms with van der Waals surface area (Å²) in [5.74, 6) is 1.61. The SMILES string of the molecule is CC[C@@H](C)[C@H](CO)NC(=O)CCCc1nc(-c2ccco2)no1. The fourth-order valence-corrected chi connectivity index (χ4v) is 2.19. The van der Waals surface area contributed by atoms with Crippen LogP contribution >= 0.6 is 0 Å². The predicted octanol–water partition coefficient (Wildman–Crippen LogP) is 2.18. The fourth-order valence-electron chi connectivity index (χ4n) is 2.19. The summed E-state index contributed by atoms with van der Waals surface area (Å²) < 4.78 is 10.3. The van der Waals surface area contributed by atoms with Gasteiger partial charge in [0.2, 0.25) is 17.6 Å². The van der Waals surface area contributed by atoms with E-state index in [4.69, 9.17) is 8.94 Å². The average Bonchev–Trinajstić information content (AvgIpc) is 3.22. The molecule has 2 atom stereocenters. The molecule has 0 aliphatic heterocycles. The number of aryl methyl sites for hydroxylation is 1. The first-order valence-corrected chi connectivity index (χ1v) is 7.90. The Kier molecular flexibility index (Phi) is 6.34. The molecule has 0 fully saturated rings. The van der Waals surface area contributed by atoms with Crippen LogP contribution in [0.3, 0.4) is 0 Å². The van der Waals surface area contributed by atoms with Crippen molar-refractivity contribution in [2.45, 2.75) is 45.6 Å². The van der Waals surface area contributed by atoms with Crippen molar-refractivity contribution < 1.29 is 18.8 Å². The quantitative estimate of drug-likeness (QED) is 0.734. The molecule has 0 saturated carbocycles. The minimum absolute atomic E-state index is 0.0447. The number of nitrogens with zero attached hydrogens (tertiary/aromatic N) is 2. The number of aliphatic hydroxyl groups is 1. The summed E-state index contributed by atoms with van der Waals surface area (Å²) in [6.45, 7) is 4.00. The third-order valence-electron chi connectivity index (χ3n) is 3.88. The van der Waals surface area contributed by atoms with Crippen LogP contribution in [0.15, 0.2) is 27.3 Å². The van der Waals surface area contributed by atoms with Crippen molar-refractivity contribution in [1.82, 2.24) is 15.5 Å². The number of rotatable bonds is 9. The van der Waals surface area contributed by atoms with Crippen LogP contribution in [0.1, 0.15) is 39.0 Å². The van der Waals surface area contributed by atoms with Crippen molar-refractivity contribution in [1.29, 1.82) is 0 Å². The lowest BCUT2D eigenvalue weighted by molar-refractivity contribution is -0.122. The van der Waals surface area contributed by atoms with Gasteiger partial charge in [0.25, 0.3) is 0 Å². The van der Waals surface area contributed by atoms with E-state index in [1.807, 2.05) is 13.8 Å². The standard InChI is InChI=1S/C16H23N3O4/c1-3-11(2)12(10-20)17-14(21)7-4-8-15-18-16(19-23-15)13-6-5-9-22-13/h5-6,9,11-12,20H,3-4,7-8,10H2,1-2H3,(H,17,21)/t11-,12+/m1/s1. The summed E-state index contributed by atoms with van der Waals surface area (Å²) in [6.07, 6.45) is 3.93.